The predicted octanol–water partition coefficient (Wildman–Crippen LogP) is 1.59. The van der Waals surface area contributed by atoms with E-state index >= 15 is 0 Å². The summed E-state index contributed by atoms with van der Waals surface area (Å²) < 4.78 is 12.6. The van der Waals surface area contributed by atoms with Crippen LogP contribution in [0.1, 0.15) is 12.5 Å². The van der Waals surface area contributed by atoms with Gasteiger partial charge in [-0.25, -0.2) is 4.98 Å². The van der Waals surface area contributed by atoms with Gasteiger partial charge in [-0.1, -0.05) is 0 Å². The van der Waals surface area contributed by atoms with Gasteiger partial charge in [0.1, 0.15) is 5.75 Å². The van der Waals surface area contributed by atoms with Crippen LogP contribution in [0.2, 0.25) is 0 Å². The molecule has 1 aliphatic heterocycles. The van der Waals surface area contributed by atoms with Crippen LogP contribution < -0.4 is 10.5 Å². The number of aromatic nitrogens is 2. The SMILES string of the molecule is COc1ccc2c(c1)nc(N)n2C1CCOC1. The standard InChI is InChI=1S/C12H15N3O2/c1-16-9-2-3-11-10(6-9)14-12(13)15(11)8-4-5-17-7-8/h2-3,6,8H,4-5,7H2,1H3,(H2,13,14). The summed E-state index contributed by atoms with van der Waals surface area (Å²) in [6.45, 7) is 1.50. The van der Waals surface area contributed by atoms with Crippen LogP contribution in [-0.2, 0) is 4.74 Å². The fraction of sp³-hybridized carbons (Fsp3) is 0.417. The lowest BCUT2D eigenvalue weighted by Gasteiger charge is -2.12. The number of hydrogen-bond acceptors (Lipinski definition) is 4. The van der Waals surface area contributed by atoms with Crippen molar-refractivity contribution in [1.29, 1.82) is 0 Å². The Morgan fingerprint density at radius 3 is 3.12 bits per heavy atom. The molecule has 17 heavy (non-hydrogen) atoms. The normalized spacial score (nSPS) is 19.9. The van der Waals surface area contributed by atoms with E-state index in [1.165, 1.54) is 0 Å². The number of ether oxygens (including phenoxy) is 2. The number of rotatable bonds is 2. The first kappa shape index (κ1) is 10.4. The molecule has 1 aromatic heterocycles. The van der Waals surface area contributed by atoms with Crippen LogP contribution in [0.5, 0.6) is 5.75 Å². The summed E-state index contributed by atoms with van der Waals surface area (Å²) >= 11 is 0. The zero-order valence-electron chi connectivity index (χ0n) is 9.72. The number of nitrogens with zero attached hydrogens (tertiary/aromatic N) is 2. The molecule has 0 radical (unpaired) electrons. The first-order valence-electron chi connectivity index (χ1n) is 5.69. The average Bonchev–Trinajstić information content (AvgIpc) is 2.93. The molecule has 5 nitrogen and oxygen atoms in total. The Balaban J connectivity index is 2.13. The molecule has 2 aromatic rings. The van der Waals surface area contributed by atoms with Gasteiger partial charge in [0, 0.05) is 12.7 Å². The van der Waals surface area contributed by atoms with Gasteiger partial charge in [-0.05, 0) is 18.6 Å². The molecule has 5 heteroatoms. The molecule has 0 spiro atoms. The highest BCUT2D eigenvalue weighted by Crippen LogP contribution is 2.29. The second-order valence-electron chi connectivity index (χ2n) is 4.21. The maximum atomic E-state index is 5.98. The second kappa shape index (κ2) is 3.92. The van der Waals surface area contributed by atoms with Gasteiger partial charge < -0.3 is 19.8 Å². The van der Waals surface area contributed by atoms with Gasteiger partial charge >= 0.3 is 0 Å². The van der Waals surface area contributed by atoms with Crippen molar-refractivity contribution in [1.82, 2.24) is 9.55 Å². The number of nitrogens with two attached hydrogens (primary N) is 1. The lowest BCUT2D eigenvalue weighted by atomic mass is 10.2. The van der Waals surface area contributed by atoms with Crippen LogP contribution in [0.25, 0.3) is 11.0 Å². The molecular formula is C12H15N3O2. The fourth-order valence-corrected chi connectivity index (χ4v) is 2.33. The van der Waals surface area contributed by atoms with E-state index in [1.54, 1.807) is 7.11 Å². The number of methoxy groups -OCH3 is 1. The van der Waals surface area contributed by atoms with Crippen LogP contribution >= 0.6 is 0 Å². The molecule has 2 heterocycles. The van der Waals surface area contributed by atoms with E-state index in [9.17, 15) is 0 Å². The Hall–Kier alpha value is -1.75. The number of fused-ring (bicyclic) bond motifs is 1. The minimum absolute atomic E-state index is 0.299. The van der Waals surface area contributed by atoms with Crippen molar-refractivity contribution in [2.24, 2.45) is 0 Å². The van der Waals surface area contributed by atoms with E-state index in [-0.39, 0.29) is 0 Å². The zero-order valence-corrected chi connectivity index (χ0v) is 9.72. The maximum absolute atomic E-state index is 5.98. The Morgan fingerprint density at radius 1 is 1.53 bits per heavy atom. The molecule has 1 atom stereocenters. The Labute approximate surface area is 99.1 Å². The second-order valence-corrected chi connectivity index (χ2v) is 4.21. The van der Waals surface area contributed by atoms with Crippen LogP contribution in [0.15, 0.2) is 18.2 Å². The highest BCUT2D eigenvalue weighted by Gasteiger charge is 2.22. The fourth-order valence-electron chi connectivity index (χ4n) is 2.33. The summed E-state index contributed by atoms with van der Waals surface area (Å²) in [4.78, 5) is 4.37. The van der Waals surface area contributed by atoms with Crippen molar-refractivity contribution >= 4 is 17.0 Å². The van der Waals surface area contributed by atoms with Crippen molar-refractivity contribution in [2.45, 2.75) is 12.5 Å². The lowest BCUT2D eigenvalue weighted by Crippen LogP contribution is -2.11. The molecule has 1 unspecified atom stereocenters. The third-order valence-corrected chi connectivity index (χ3v) is 3.19. The van der Waals surface area contributed by atoms with Crippen molar-refractivity contribution in [3.05, 3.63) is 18.2 Å². The maximum Gasteiger partial charge on any atom is 0.201 e. The molecule has 3 rings (SSSR count). The van der Waals surface area contributed by atoms with Crippen LogP contribution in [0, 0.1) is 0 Å². The molecule has 0 saturated carbocycles. The first-order valence-corrected chi connectivity index (χ1v) is 5.69. The number of hydrogen-bond donors (Lipinski definition) is 1. The third kappa shape index (κ3) is 1.63. The smallest absolute Gasteiger partial charge is 0.201 e. The Morgan fingerprint density at radius 2 is 2.41 bits per heavy atom. The minimum Gasteiger partial charge on any atom is -0.497 e. The topological polar surface area (TPSA) is 62.3 Å². The zero-order chi connectivity index (χ0) is 11.8. The summed E-state index contributed by atoms with van der Waals surface area (Å²) in [5, 5.41) is 0. The molecule has 2 N–H and O–H groups in total. The van der Waals surface area contributed by atoms with Crippen LogP contribution in [0.3, 0.4) is 0 Å². The summed E-state index contributed by atoms with van der Waals surface area (Å²) in [5.74, 6) is 1.34. The molecule has 0 aliphatic carbocycles. The summed E-state index contributed by atoms with van der Waals surface area (Å²) in [5.41, 5.74) is 7.89. The largest absolute Gasteiger partial charge is 0.497 e. The van der Waals surface area contributed by atoms with E-state index in [2.05, 4.69) is 9.55 Å². The summed E-state index contributed by atoms with van der Waals surface area (Å²) in [7, 11) is 1.65. The third-order valence-electron chi connectivity index (χ3n) is 3.19. The molecular weight excluding hydrogens is 218 g/mol. The van der Waals surface area contributed by atoms with Crippen molar-refractivity contribution < 1.29 is 9.47 Å². The first-order chi connectivity index (χ1) is 8.29. The molecule has 0 bridgehead atoms. The minimum atomic E-state index is 0.299. The number of nitrogen functional groups attached to an aromatic ring is 1. The molecule has 1 aromatic carbocycles. The number of benzene rings is 1. The lowest BCUT2D eigenvalue weighted by molar-refractivity contribution is 0.187. The van der Waals surface area contributed by atoms with Gasteiger partial charge in [-0.15, -0.1) is 0 Å². The van der Waals surface area contributed by atoms with E-state index in [4.69, 9.17) is 15.2 Å². The molecule has 1 saturated heterocycles. The van der Waals surface area contributed by atoms with Gasteiger partial charge in [0.25, 0.3) is 0 Å². The van der Waals surface area contributed by atoms with Gasteiger partial charge in [0.05, 0.1) is 30.8 Å². The average molecular weight is 233 g/mol. The monoisotopic (exact) mass is 233 g/mol. The highest BCUT2D eigenvalue weighted by molar-refractivity contribution is 5.80. The van der Waals surface area contributed by atoms with E-state index in [0.29, 0.717) is 18.6 Å². The van der Waals surface area contributed by atoms with E-state index in [1.807, 2.05) is 18.2 Å². The van der Waals surface area contributed by atoms with Crippen molar-refractivity contribution in [2.75, 3.05) is 26.1 Å². The molecule has 90 valence electrons. The molecule has 1 fully saturated rings. The van der Waals surface area contributed by atoms with Crippen LogP contribution in [-0.4, -0.2) is 29.9 Å². The quantitative estimate of drug-likeness (QED) is 0.855. The number of imidazole rings is 1. The Bertz CT molecular complexity index is 544. The predicted molar refractivity (Wildman–Crippen MR) is 65.2 cm³/mol. The van der Waals surface area contributed by atoms with Gasteiger partial charge in [0.2, 0.25) is 5.95 Å². The van der Waals surface area contributed by atoms with Gasteiger partial charge in [-0.3, -0.25) is 0 Å². The summed E-state index contributed by atoms with van der Waals surface area (Å²) in [6, 6.07) is 6.12. The molecule has 0 amide bonds. The van der Waals surface area contributed by atoms with Crippen molar-refractivity contribution in [3.63, 3.8) is 0 Å². The highest BCUT2D eigenvalue weighted by atomic mass is 16.5. The van der Waals surface area contributed by atoms with Crippen LogP contribution in [0.4, 0.5) is 5.95 Å². The Kier molecular flexibility index (Phi) is 2.40. The van der Waals surface area contributed by atoms with E-state index < -0.39 is 0 Å². The van der Waals surface area contributed by atoms with Gasteiger partial charge in [0.15, 0.2) is 0 Å². The number of anilines is 1. The van der Waals surface area contributed by atoms with E-state index in [0.717, 1.165) is 29.8 Å². The van der Waals surface area contributed by atoms with Gasteiger partial charge in [-0.2, -0.15) is 0 Å². The summed E-state index contributed by atoms with van der Waals surface area (Å²) in [6.07, 6.45) is 0.988. The molecule has 1 aliphatic rings. The van der Waals surface area contributed by atoms with Crippen molar-refractivity contribution in [3.8, 4) is 5.75 Å².